The lowest BCUT2D eigenvalue weighted by Gasteiger charge is -2.19. The molecule has 0 atom stereocenters. The Labute approximate surface area is 145 Å². The number of carbonyl (C=O) groups is 1. The largest absolute Gasteiger partial charge is 0.505 e. The summed E-state index contributed by atoms with van der Waals surface area (Å²) >= 11 is 11.4. The minimum atomic E-state index is -3.99. The zero-order valence-corrected chi connectivity index (χ0v) is 15.3. The average Bonchev–Trinajstić information content (AvgIpc) is 2.37. The molecule has 0 heterocycles. The number of carbonyl (C=O) groups excluding carboxylic acids is 1. The number of aromatic hydroxyl groups is 1. The predicted molar refractivity (Wildman–Crippen MR) is 88.4 cm³/mol. The van der Waals surface area contributed by atoms with Gasteiger partial charge in [0.2, 0.25) is 10.0 Å². The third kappa shape index (κ3) is 6.55. The van der Waals surface area contributed by atoms with Gasteiger partial charge in [0.05, 0.1) is 5.02 Å². The number of nitrogens with one attached hydrogen (secondary N) is 1. The molecule has 0 amide bonds. The van der Waals surface area contributed by atoms with Gasteiger partial charge in [-0.25, -0.2) is 13.1 Å². The molecule has 0 aromatic heterocycles. The van der Waals surface area contributed by atoms with Crippen molar-refractivity contribution in [2.75, 3.05) is 6.54 Å². The van der Waals surface area contributed by atoms with Crippen LogP contribution in [0.3, 0.4) is 0 Å². The molecule has 0 aliphatic rings. The highest BCUT2D eigenvalue weighted by molar-refractivity contribution is 7.89. The molecule has 0 saturated carbocycles. The molecule has 0 aliphatic carbocycles. The zero-order chi connectivity index (χ0) is 17.8. The highest BCUT2D eigenvalue weighted by atomic mass is 35.5. The Morgan fingerprint density at radius 2 is 1.91 bits per heavy atom. The minimum absolute atomic E-state index is 0.00511. The monoisotopic (exact) mass is 383 g/mol. The van der Waals surface area contributed by atoms with Crippen LogP contribution in [-0.2, 0) is 19.6 Å². The number of esters is 1. The van der Waals surface area contributed by atoms with Gasteiger partial charge >= 0.3 is 5.97 Å². The lowest BCUT2D eigenvalue weighted by molar-refractivity contribution is -0.154. The van der Waals surface area contributed by atoms with Crippen molar-refractivity contribution in [3.8, 4) is 5.75 Å². The van der Waals surface area contributed by atoms with E-state index in [9.17, 15) is 18.3 Å². The lowest BCUT2D eigenvalue weighted by Crippen LogP contribution is -2.27. The summed E-state index contributed by atoms with van der Waals surface area (Å²) in [4.78, 5) is 11.1. The number of benzene rings is 1. The van der Waals surface area contributed by atoms with Crippen LogP contribution < -0.4 is 4.72 Å². The van der Waals surface area contributed by atoms with Gasteiger partial charge in [-0.1, -0.05) is 23.2 Å². The number of ether oxygens (including phenoxy) is 1. The van der Waals surface area contributed by atoms with Gasteiger partial charge in [-0.2, -0.15) is 0 Å². The van der Waals surface area contributed by atoms with Crippen LogP contribution in [0.4, 0.5) is 0 Å². The van der Waals surface area contributed by atoms with Gasteiger partial charge in [-0.05, 0) is 39.3 Å². The van der Waals surface area contributed by atoms with Crippen molar-refractivity contribution in [2.45, 2.75) is 44.1 Å². The second-order valence-corrected chi connectivity index (χ2v) is 8.40. The van der Waals surface area contributed by atoms with Crippen LogP contribution in [-0.4, -0.2) is 31.6 Å². The van der Waals surface area contributed by atoms with Gasteiger partial charge in [0, 0.05) is 18.0 Å². The van der Waals surface area contributed by atoms with E-state index < -0.39 is 32.2 Å². The predicted octanol–water partition coefficient (Wildman–Crippen LogP) is 3.10. The van der Waals surface area contributed by atoms with Gasteiger partial charge in [0.1, 0.15) is 10.5 Å². The molecule has 0 aliphatic heterocycles. The van der Waals surface area contributed by atoms with Crippen LogP contribution in [0.15, 0.2) is 17.0 Å². The Morgan fingerprint density at radius 1 is 1.30 bits per heavy atom. The lowest BCUT2D eigenvalue weighted by atomic mass is 10.2. The third-order valence-corrected chi connectivity index (χ3v) is 4.53. The molecule has 0 fully saturated rings. The Kier molecular flexibility index (Phi) is 6.70. The summed E-state index contributed by atoms with van der Waals surface area (Å²) in [6, 6.07) is 2.33. The Balaban J connectivity index is 2.63. The Morgan fingerprint density at radius 3 is 2.48 bits per heavy atom. The summed E-state index contributed by atoms with van der Waals surface area (Å²) in [7, 11) is -3.99. The molecule has 1 rings (SSSR count). The molecule has 9 heteroatoms. The maximum atomic E-state index is 12.1. The molecule has 1 aromatic rings. The van der Waals surface area contributed by atoms with Crippen molar-refractivity contribution in [1.82, 2.24) is 4.72 Å². The van der Waals surface area contributed by atoms with E-state index in [1.165, 1.54) is 6.07 Å². The van der Waals surface area contributed by atoms with Crippen LogP contribution in [0, 0.1) is 0 Å². The maximum absolute atomic E-state index is 12.1. The zero-order valence-electron chi connectivity index (χ0n) is 13.0. The van der Waals surface area contributed by atoms with Crippen molar-refractivity contribution in [1.29, 1.82) is 0 Å². The summed E-state index contributed by atoms with van der Waals surface area (Å²) in [6.07, 6.45) is 0.325. The summed E-state index contributed by atoms with van der Waals surface area (Å²) in [6.45, 7) is 5.25. The Bertz CT molecular complexity index is 683. The van der Waals surface area contributed by atoms with Crippen molar-refractivity contribution in [2.24, 2.45) is 0 Å². The van der Waals surface area contributed by atoms with Crippen molar-refractivity contribution in [3.63, 3.8) is 0 Å². The fourth-order valence-corrected chi connectivity index (χ4v) is 3.49. The number of hydrogen-bond donors (Lipinski definition) is 2. The van der Waals surface area contributed by atoms with E-state index in [1.807, 2.05) is 0 Å². The topological polar surface area (TPSA) is 92.7 Å². The van der Waals surface area contributed by atoms with Crippen LogP contribution in [0.25, 0.3) is 0 Å². The van der Waals surface area contributed by atoms with E-state index >= 15 is 0 Å². The first-order valence-electron chi connectivity index (χ1n) is 6.82. The number of sulfonamides is 1. The van der Waals surface area contributed by atoms with Crippen LogP contribution in [0.5, 0.6) is 5.75 Å². The second kappa shape index (κ2) is 7.70. The first-order chi connectivity index (χ1) is 10.4. The maximum Gasteiger partial charge on any atom is 0.306 e. The van der Waals surface area contributed by atoms with E-state index in [0.29, 0.717) is 0 Å². The first-order valence-corrected chi connectivity index (χ1v) is 9.06. The smallest absolute Gasteiger partial charge is 0.306 e. The average molecular weight is 384 g/mol. The summed E-state index contributed by atoms with van der Waals surface area (Å²) < 4.78 is 31.6. The molecular weight excluding hydrogens is 365 g/mol. The molecule has 6 nitrogen and oxygen atoms in total. The fraction of sp³-hybridized carbons (Fsp3) is 0.500. The highest BCUT2D eigenvalue weighted by Gasteiger charge is 2.21. The molecule has 1 aromatic carbocycles. The molecule has 0 radical (unpaired) electrons. The highest BCUT2D eigenvalue weighted by Crippen LogP contribution is 2.33. The third-order valence-electron chi connectivity index (χ3n) is 2.55. The van der Waals surface area contributed by atoms with E-state index in [1.54, 1.807) is 20.8 Å². The van der Waals surface area contributed by atoms with Gasteiger partial charge < -0.3 is 9.84 Å². The fourth-order valence-electron chi connectivity index (χ4n) is 1.66. The number of hydrogen-bond acceptors (Lipinski definition) is 5. The quantitative estimate of drug-likeness (QED) is 0.581. The number of rotatable bonds is 6. The molecule has 23 heavy (non-hydrogen) atoms. The van der Waals surface area contributed by atoms with Gasteiger partial charge in [0.25, 0.3) is 0 Å². The molecule has 0 spiro atoms. The number of phenolic OH excluding ortho intramolecular Hbond substituents is 1. The molecule has 0 bridgehead atoms. The molecule has 2 N–H and O–H groups in total. The number of halogens is 2. The summed E-state index contributed by atoms with van der Waals surface area (Å²) in [5.74, 6) is -0.985. The minimum Gasteiger partial charge on any atom is -0.505 e. The van der Waals surface area contributed by atoms with Crippen LogP contribution in [0.2, 0.25) is 10.0 Å². The molecule has 130 valence electrons. The van der Waals surface area contributed by atoms with E-state index in [4.69, 9.17) is 27.9 Å². The molecule has 0 unspecified atom stereocenters. The summed E-state index contributed by atoms with van der Waals surface area (Å²) in [5.41, 5.74) is -0.583. The van der Waals surface area contributed by atoms with Gasteiger partial charge in [-0.3, -0.25) is 4.79 Å². The normalized spacial score (nSPS) is 12.2. The van der Waals surface area contributed by atoms with E-state index in [0.717, 1.165) is 6.07 Å². The molecular formula is C14H19Cl2NO5S. The van der Waals surface area contributed by atoms with Crippen LogP contribution in [0.1, 0.15) is 33.6 Å². The van der Waals surface area contributed by atoms with Gasteiger partial charge in [-0.15, -0.1) is 0 Å². The standard InChI is InChI=1S/C14H19Cl2NO5S/c1-14(2,3)22-12(18)5-4-6-17-23(20,21)11-8-9(15)7-10(16)13(11)19/h7-8,17,19H,4-6H2,1-3H3. The van der Waals surface area contributed by atoms with E-state index in [-0.39, 0.29) is 29.4 Å². The van der Waals surface area contributed by atoms with Crippen LogP contribution >= 0.6 is 23.2 Å². The first kappa shape index (κ1) is 20.0. The van der Waals surface area contributed by atoms with Crippen molar-refractivity contribution in [3.05, 3.63) is 22.2 Å². The van der Waals surface area contributed by atoms with E-state index in [2.05, 4.69) is 4.72 Å². The number of phenols is 1. The Hall–Kier alpha value is -1.02. The molecule has 0 saturated heterocycles. The SMILES string of the molecule is CC(C)(C)OC(=O)CCCNS(=O)(=O)c1cc(Cl)cc(Cl)c1O. The van der Waals surface area contributed by atoms with Crippen molar-refractivity contribution < 1.29 is 23.1 Å². The van der Waals surface area contributed by atoms with Crippen molar-refractivity contribution >= 4 is 39.2 Å². The second-order valence-electron chi connectivity index (χ2n) is 5.82. The van der Waals surface area contributed by atoms with Gasteiger partial charge in [0.15, 0.2) is 5.75 Å². The summed E-state index contributed by atoms with van der Waals surface area (Å²) in [5, 5.41) is 9.67.